The third kappa shape index (κ3) is 4.54. The molecule has 2 rings (SSSR count). The van der Waals surface area contributed by atoms with Gasteiger partial charge in [0.05, 0.1) is 35.0 Å². The highest BCUT2D eigenvalue weighted by Gasteiger charge is 2.16. The van der Waals surface area contributed by atoms with Crippen LogP contribution >= 0.6 is 27.3 Å². The molecule has 1 aromatic heterocycles. The second-order valence-electron chi connectivity index (χ2n) is 4.38. The van der Waals surface area contributed by atoms with E-state index in [4.69, 9.17) is 4.74 Å². The van der Waals surface area contributed by atoms with Gasteiger partial charge in [0.15, 0.2) is 11.6 Å². The van der Waals surface area contributed by atoms with E-state index >= 15 is 0 Å². The number of benzene rings is 1. The maximum atomic E-state index is 13.6. The number of thiazole rings is 1. The quantitative estimate of drug-likeness (QED) is 0.252. The standard InChI is InChI=1S/C14H11BrF3N3O2S/c1-2-23-11(22)3-7-6-24-14(20-7)21-19-5-8-10(16)4-9(15)13(18)12(8)17/h4-6H,2-3H2,1H3,(H,20,21). The van der Waals surface area contributed by atoms with Crippen LogP contribution in [0.4, 0.5) is 18.3 Å². The topological polar surface area (TPSA) is 63.6 Å². The van der Waals surface area contributed by atoms with Gasteiger partial charge in [-0.05, 0) is 28.9 Å². The molecule has 5 nitrogen and oxygen atoms in total. The molecule has 1 N–H and O–H groups in total. The summed E-state index contributed by atoms with van der Waals surface area (Å²) in [6.07, 6.45) is 0.823. The van der Waals surface area contributed by atoms with Gasteiger partial charge in [-0.3, -0.25) is 10.2 Å². The Bertz CT molecular complexity index is 783. The largest absolute Gasteiger partial charge is 0.466 e. The van der Waals surface area contributed by atoms with Crippen molar-refractivity contribution in [1.82, 2.24) is 4.98 Å². The highest BCUT2D eigenvalue weighted by Crippen LogP contribution is 2.23. The SMILES string of the molecule is CCOC(=O)Cc1csc(NN=Cc2c(F)cc(Br)c(F)c2F)n1. The molecule has 0 saturated heterocycles. The van der Waals surface area contributed by atoms with E-state index in [0.717, 1.165) is 23.6 Å². The first kappa shape index (κ1) is 18.4. The molecular weight excluding hydrogens is 411 g/mol. The van der Waals surface area contributed by atoms with Crippen LogP contribution in [0.15, 0.2) is 21.0 Å². The van der Waals surface area contributed by atoms with Gasteiger partial charge in [0.25, 0.3) is 0 Å². The Balaban J connectivity index is 2.04. The molecule has 1 aromatic carbocycles. The van der Waals surface area contributed by atoms with Crippen LogP contribution in [0, 0.1) is 17.5 Å². The number of hydrogen-bond acceptors (Lipinski definition) is 6. The van der Waals surface area contributed by atoms with Crippen molar-refractivity contribution in [3.8, 4) is 0 Å². The zero-order valence-corrected chi connectivity index (χ0v) is 14.7. The minimum atomic E-state index is -1.35. The van der Waals surface area contributed by atoms with Crippen molar-refractivity contribution in [2.75, 3.05) is 12.0 Å². The number of esters is 1. The van der Waals surface area contributed by atoms with E-state index in [2.05, 4.69) is 31.4 Å². The number of hydrogen-bond donors (Lipinski definition) is 1. The molecule has 0 atom stereocenters. The fourth-order valence-corrected chi connectivity index (χ4v) is 2.68. The van der Waals surface area contributed by atoms with Crippen LogP contribution in [0.2, 0.25) is 0 Å². The minimum absolute atomic E-state index is 0.0108. The summed E-state index contributed by atoms with van der Waals surface area (Å²) < 4.78 is 45.1. The predicted octanol–water partition coefficient (Wildman–Crippen LogP) is 3.87. The van der Waals surface area contributed by atoms with Crippen LogP contribution in [-0.4, -0.2) is 23.8 Å². The highest BCUT2D eigenvalue weighted by atomic mass is 79.9. The molecule has 0 unspecified atom stereocenters. The Morgan fingerprint density at radius 2 is 2.21 bits per heavy atom. The van der Waals surface area contributed by atoms with Crippen molar-refractivity contribution in [2.24, 2.45) is 5.10 Å². The number of carbonyl (C=O) groups is 1. The normalized spacial score (nSPS) is 11.0. The maximum absolute atomic E-state index is 13.6. The molecule has 0 aliphatic rings. The Kier molecular flexibility index (Phi) is 6.32. The Morgan fingerprint density at radius 1 is 1.46 bits per heavy atom. The molecular formula is C14H11BrF3N3O2S. The lowest BCUT2D eigenvalue weighted by Gasteiger charge is -2.02. The number of aromatic nitrogens is 1. The van der Waals surface area contributed by atoms with E-state index in [9.17, 15) is 18.0 Å². The van der Waals surface area contributed by atoms with Crippen molar-refractivity contribution >= 4 is 44.6 Å². The van der Waals surface area contributed by atoms with Crippen LogP contribution in [-0.2, 0) is 16.0 Å². The third-order valence-corrected chi connectivity index (χ3v) is 4.06. The first-order valence-electron chi connectivity index (χ1n) is 6.64. The first-order chi connectivity index (χ1) is 11.4. The van der Waals surface area contributed by atoms with Gasteiger partial charge >= 0.3 is 5.97 Å². The van der Waals surface area contributed by atoms with Gasteiger partial charge in [-0.15, -0.1) is 11.3 Å². The maximum Gasteiger partial charge on any atom is 0.311 e. The number of nitrogens with one attached hydrogen (secondary N) is 1. The van der Waals surface area contributed by atoms with E-state index < -0.39 is 29.0 Å². The molecule has 0 aliphatic heterocycles. The monoisotopic (exact) mass is 421 g/mol. The van der Waals surface area contributed by atoms with Crippen LogP contribution in [0.5, 0.6) is 0 Å². The molecule has 10 heteroatoms. The van der Waals surface area contributed by atoms with Gasteiger partial charge in [-0.25, -0.2) is 18.2 Å². The second-order valence-corrected chi connectivity index (χ2v) is 6.09. The molecule has 0 saturated carbocycles. The molecule has 0 fully saturated rings. The average molecular weight is 422 g/mol. The number of ether oxygens (including phenoxy) is 1. The van der Waals surface area contributed by atoms with E-state index in [1.165, 1.54) is 0 Å². The Morgan fingerprint density at radius 3 is 2.92 bits per heavy atom. The number of rotatable bonds is 6. The van der Waals surface area contributed by atoms with Crippen molar-refractivity contribution in [1.29, 1.82) is 0 Å². The van der Waals surface area contributed by atoms with Gasteiger partial charge in [0, 0.05) is 5.38 Å². The number of nitrogens with zero attached hydrogens (tertiary/aromatic N) is 2. The summed E-state index contributed by atoms with van der Waals surface area (Å²) in [5.41, 5.74) is 2.32. The third-order valence-electron chi connectivity index (χ3n) is 2.69. The van der Waals surface area contributed by atoms with Crippen molar-refractivity contribution in [3.63, 3.8) is 0 Å². The van der Waals surface area contributed by atoms with E-state index in [-0.39, 0.29) is 17.5 Å². The fourth-order valence-electron chi connectivity index (χ4n) is 1.65. The summed E-state index contributed by atoms with van der Waals surface area (Å²) >= 11 is 3.85. The summed E-state index contributed by atoms with van der Waals surface area (Å²) in [4.78, 5) is 15.4. The molecule has 0 amide bonds. The van der Waals surface area contributed by atoms with Gasteiger partial charge in [0.1, 0.15) is 5.82 Å². The summed E-state index contributed by atoms with van der Waals surface area (Å²) in [7, 11) is 0. The van der Waals surface area contributed by atoms with Crippen LogP contribution in [0.25, 0.3) is 0 Å². The van der Waals surface area contributed by atoms with Crippen LogP contribution in [0.3, 0.4) is 0 Å². The number of halogens is 4. The van der Waals surface area contributed by atoms with E-state index in [0.29, 0.717) is 10.8 Å². The lowest BCUT2D eigenvalue weighted by Crippen LogP contribution is -2.07. The summed E-state index contributed by atoms with van der Waals surface area (Å²) in [5.74, 6) is -3.93. The summed E-state index contributed by atoms with van der Waals surface area (Å²) in [6.45, 7) is 1.98. The van der Waals surface area contributed by atoms with Crippen molar-refractivity contribution in [3.05, 3.63) is 44.6 Å². The first-order valence-corrected chi connectivity index (χ1v) is 8.31. The molecule has 2 aromatic rings. The zero-order chi connectivity index (χ0) is 17.7. The van der Waals surface area contributed by atoms with Gasteiger partial charge in [-0.1, -0.05) is 0 Å². The minimum Gasteiger partial charge on any atom is -0.466 e. The number of anilines is 1. The van der Waals surface area contributed by atoms with Crippen molar-refractivity contribution < 1.29 is 22.7 Å². The number of carbonyl (C=O) groups excluding carboxylic acids is 1. The summed E-state index contributed by atoms with van der Waals surface area (Å²) in [6, 6.07) is 0.806. The molecule has 0 spiro atoms. The van der Waals surface area contributed by atoms with Gasteiger partial charge < -0.3 is 4.74 Å². The summed E-state index contributed by atoms with van der Waals surface area (Å²) in [5, 5.41) is 5.56. The lowest BCUT2D eigenvalue weighted by atomic mass is 10.2. The fraction of sp³-hybridized carbons (Fsp3) is 0.214. The molecule has 128 valence electrons. The Hall–Kier alpha value is -1.94. The molecule has 0 aliphatic carbocycles. The lowest BCUT2D eigenvalue weighted by molar-refractivity contribution is -0.142. The highest BCUT2D eigenvalue weighted by molar-refractivity contribution is 9.10. The molecule has 24 heavy (non-hydrogen) atoms. The number of hydrazone groups is 1. The van der Waals surface area contributed by atoms with Crippen molar-refractivity contribution in [2.45, 2.75) is 13.3 Å². The van der Waals surface area contributed by atoms with Crippen LogP contribution in [0.1, 0.15) is 18.2 Å². The van der Waals surface area contributed by atoms with E-state index in [1.807, 2.05) is 0 Å². The van der Waals surface area contributed by atoms with Gasteiger partial charge in [0.2, 0.25) is 5.13 Å². The Labute approximate surface area is 147 Å². The molecule has 0 bridgehead atoms. The van der Waals surface area contributed by atoms with Crippen LogP contribution < -0.4 is 5.43 Å². The average Bonchev–Trinajstić information content (AvgIpc) is 2.96. The predicted molar refractivity (Wildman–Crippen MR) is 87.7 cm³/mol. The molecule has 1 heterocycles. The zero-order valence-electron chi connectivity index (χ0n) is 12.3. The van der Waals surface area contributed by atoms with Gasteiger partial charge in [-0.2, -0.15) is 5.10 Å². The van der Waals surface area contributed by atoms with E-state index in [1.54, 1.807) is 12.3 Å². The second kappa shape index (κ2) is 8.25. The smallest absolute Gasteiger partial charge is 0.311 e. The molecule has 0 radical (unpaired) electrons.